The van der Waals surface area contributed by atoms with Gasteiger partial charge in [0.25, 0.3) is 0 Å². The lowest BCUT2D eigenvalue weighted by atomic mass is 9.86. The molecule has 0 amide bonds. The number of piperazine rings is 1. The van der Waals surface area contributed by atoms with Crippen molar-refractivity contribution < 1.29 is 4.39 Å². The quantitative estimate of drug-likeness (QED) is 0.871. The van der Waals surface area contributed by atoms with Crippen molar-refractivity contribution in [2.45, 2.75) is 32.0 Å². The molecule has 2 atom stereocenters. The molecule has 0 radical (unpaired) electrons. The summed E-state index contributed by atoms with van der Waals surface area (Å²) < 4.78 is 13.8. The molecule has 0 saturated carbocycles. The molecule has 5 heteroatoms. The Balaban J connectivity index is 1.46. The van der Waals surface area contributed by atoms with Crippen LogP contribution < -0.4 is 4.90 Å². The second-order valence-corrected chi connectivity index (χ2v) is 6.23. The Morgan fingerprint density at radius 3 is 2.68 bits per heavy atom. The van der Waals surface area contributed by atoms with Gasteiger partial charge in [-0.05, 0) is 19.4 Å². The van der Waals surface area contributed by atoms with Crippen molar-refractivity contribution in [1.29, 1.82) is 0 Å². The molecule has 4 heterocycles. The minimum atomic E-state index is -0.101. The average Bonchev–Trinajstić information content (AvgIpc) is 2.54. The summed E-state index contributed by atoms with van der Waals surface area (Å²) in [5.74, 6) is 0.906. The van der Waals surface area contributed by atoms with Gasteiger partial charge in [-0.15, -0.1) is 0 Å². The summed E-state index contributed by atoms with van der Waals surface area (Å²) in [6.45, 7) is 4.61. The SMILES string of the molecule is Cc1cc(N2CC3CC(C2)N3Cc2ccccc2F)ncn1. The highest BCUT2D eigenvalue weighted by Gasteiger charge is 2.44. The van der Waals surface area contributed by atoms with Crippen molar-refractivity contribution in [2.24, 2.45) is 0 Å². The van der Waals surface area contributed by atoms with E-state index in [2.05, 4.69) is 19.8 Å². The molecule has 3 aliphatic rings. The number of piperidine rings is 1. The van der Waals surface area contributed by atoms with Gasteiger partial charge < -0.3 is 4.90 Å². The van der Waals surface area contributed by atoms with E-state index in [1.807, 2.05) is 25.1 Å². The first-order valence-electron chi connectivity index (χ1n) is 7.73. The van der Waals surface area contributed by atoms with Crippen LogP contribution >= 0.6 is 0 Å². The van der Waals surface area contributed by atoms with Crippen LogP contribution in [-0.2, 0) is 6.54 Å². The summed E-state index contributed by atoms with van der Waals surface area (Å²) in [6.07, 6.45) is 2.83. The van der Waals surface area contributed by atoms with Gasteiger partial charge in [-0.2, -0.15) is 0 Å². The standard InChI is InChI=1S/C17H19FN4/c1-12-6-17(20-11-19-12)21-9-14-7-15(10-21)22(14)8-13-4-2-3-5-16(13)18/h2-6,11,14-15H,7-10H2,1H3. The highest BCUT2D eigenvalue weighted by Crippen LogP contribution is 2.35. The Morgan fingerprint density at radius 2 is 1.95 bits per heavy atom. The molecule has 2 unspecified atom stereocenters. The van der Waals surface area contributed by atoms with Gasteiger partial charge in [0.15, 0.2) is 0 Å². The molecule has 0 spiro atoms. The van der Waals surface area contributed by atoms with Gasteiger partial charge in [-0.3, -0.25) is 4.90 Å². The van der Waals surface area contributed by atoms with E-state index in [9.17, 15) is 4.39 Å². The topological polar surface area (TPSA) is 32.3 Å². The van der Waals surface area contributed by atoms with Crippen molar-refractivity contribution >= 4 is 5.82 Å². The monoisotopic (exact) mass is 298 g/mol. The summed E-state index contributed by atoms with van der Waals surface area (Å²) in [4.78, 5) is 13.3. The Labute approximate surface area is 129 Å². The van der Waals surface area contributed by atoms with E-state index >= 15 is 0 Å². The van der Waals surface area contributed by atoms with E-state index in [0.29, 0.717) is 18.6 Å². The molecular weight excluding hydrogens is 279 g/mol. The summed E-state index contributed by atoms with van der Waals surface area (Å²) in [5.41, 5.74) is 1.79. The molecule has 4 nitrogen and oxygen atoms in total. The smallest absolute Gasteiger partial charge is 0.132 e. The van der Waals surface area contributed by atoms with Crippen LogP contribution in [0.3, 0.4) is 0 Å². The van der Waals surface area contributed by atoms with Gasteiger partial charge in [-0.25, -0.2) is 14.4 Å². The first-order chi connectivity index (χ1) is 10.7. The zero-order valence-electron chi connectivity index (χ0n) is 12.6. The van der Waals surface area contributed by atoms with Crippen molar-refractivity contribution in [3.8, 4) is 0 Å². The number of nitrogens with zero attached hydrogens (tertiary/aromatic N) is 4. The molecular formula is C17H19FN4. The Kier molecular flexibility index (Phi) is 3.30. The highest BCUT2D eigenvalue weighted by molar-refractivity contribution is 5.41. The van der Waals surface area contributed by atoms with Gasteiger partial charge in [0, 0.05) is 49.0 Å². The molecule has 1 aromatic carbocycles. The molecule has 3 aliphatic heterocycles. The minimum Gasteiger partial charge on any atom is -0.353 e. The second kappa shape index (κ2) is 5.32. The normalized spacial score (nSPS) is 24.2. The van der Waals surface area contributed by atoms with Gasteiger partial charge >= 0.3 is 0 Å². The number of fused-ring (bicyclic) bond motifs is 2. The van der Waals surface area contributed by atoms with Crippen molar-refractivity contribution in [3.63, 3.8) is 0 Å². The summed E-state index contributed by atoms with van der Waals surface area (Å²) in [5, 5.41) is 0. The Bertz CT molecular complexity index is 678. The summed E-state index contributed by atoms with van der Waals surface area (Å²) in [7, 11) is 0. The number of hydrogen-bond donors (Lipinski definition) is 0. The zero-order chi connectivity index (χ0) is 15.1. The van der Waals surface area contributed by atoms with Gasteiger partial charge in [0.05, 0.1) is 0 Å². The largest absolute Gasteiger partial charge is 0.353 e. The van der Waals surface area contributed by atoms with Crippen LogP contribution in [0.25, 0.3) is 0 Å². The van der Waals surface area contributed by atoms with E-state index < -0.39 is 0 Å². The summed E-state index contributed by atoms with van der Waals surface area (Å²) in [6, 6.07) is 10.1. The van der Waals surface area contributed by atoms with Crippen LogP contribution in [0.15, 0.2) is 36.7 Å². The predicted molar refractivity (Wildman–Crippen MR) is 83.1 cm³/mol. The third-order valence-corrected chi connectivity index (χ3v) is 4.77. The fourth-order valence-electron chi connectivity index (χ4n) is 3.57. The zero-order valence-corrected chi connectivity index (χ0v) is 12.6. The Morgan fingerprint density at radius 1 is 1.18 bits per heavy atom. The maximum atomic E-state index is 13.8. The van der Waals surface area contributed by atoms with E-state index in [-0.39, 0.29) is 5.82 Å². The lowest BCUT2D eigenvalue weighted by Crippen LogP contribution is -2.68. The number of anilines is 1. The molecule has 3 saturated heterocycles. The number of benzene rings is 1. The summed E-state index contributed by atoms with van der Waals surface area (Å²) >= 11 is 0. The number of rotatable bonds is 3. The number of halogens is 1. The number of hydrogen-bond acceptors (Lipinski definition) is 4. The minimum absolute atomic E-state index is 0.101. The van der Waals surface area contributed by atoms with Crippen molar-refractivity contribution in [3.05, 3.63) is 53.7 Å². The van der Waals surface area contributed by atoms with E-state index in [0.717, 1.165) is 30.2 Å². The van der Waals surface area contributed by atoms with Crippen LogP contribution in [-0.4, -0.2) is 40.0 Å². The molecule has 22 heavy (non-hydrogen) atoms. The predicted octanol–water partition coefficient (Wildman–Crippen LogP) is 2.39. The molecule has 5 rings (SSSR count). The molecule has 0 N–H and O–H groups in total. The van der Waals surface area contributed by atoms with Crippen LogP contribution in [0.5, 0.6) is 0 Å². The fourth-order valence-corrected chi connectivity index (χ4v) is 3.57. The van der Waals surface area contributed by atoms with Crippen molar-refractivity contribution in [1.82, 2.24) is 14.9 Å². The van der Waals surface area contributed by atoms with Gasteiger partial charge in [0.1, 0.15) is 18.0 Å². The fraction of sp³-hybridized carbons (Fsp3) is 0.412. The van der Waals surface area contributed by atoms with Crippen molar-refractivity contribution in [2.75, 3.05) is 18.0 Å². The molecule has 1 aromatic heterocycles. The first kappa shape index (κ1) is 13.6. The number of aromatic nitrogens is 2. The van der Waals surface area contributed by atoms with Crippen LogP contribution in [0, 0.1) is 12.7 Å². The third kappa shape index (κ3) is 2.35. The van der Waals surface area contributed by atoms with Gasteiger partial charge in [-0.1, -0.05) is 18.2 Å². The molecule has 0 aliphatic carbocycles. The van der Waals surface area contributed by atoms with E-state index in [4.69, 9.17) is 0 Å². The lowest BCUT2D eigenvalue weighted by Gasteiger charge is -2.56. The maximum Gasteiger partial charge on any atom is 0.132 e. The molecule has 2 bridgehead atoms. The second-order valence-electron chi connectivity index (χ2n) is 6.23. The van der Waals surface area contributed by atoms with Gasteiger partial charge in [0.2, 0.25) is 0 Å². The maximum absolute atomic E-state index is 13.8. The van der Waals surface area contributed by atoms with Crippen LogP contribution in [0.2, 0.25) is 0 Å². The first-order valence-corrected chi connectivity index (χ1v) is 7.73. The van der Waals surface area contributed by atoms with E-state index in [1.165, 1.54) is 6.42 Å². The Hall–Kier alpha value is -2.01. The molecule has 3 fully saturated rings. The lowest BCUT2D eigenvalue weighted by molar-refractivity contribution is -0.00947. The van der Waals surface area contributed by atoms with E-state index in [1.54, 1.807) is 18.5 Å². The third-order valence-electron chi connectivity index (χ3n) is 4.77. The average molecular weight is 298 g/mol. The molecule has 114 valence electrons. The van der Waals surface area contributed by atoms with Crippen LogP contribution in [0.4, 0.5) is 10.2 Å². The van der Waals surface area contributed by atoms with Crippen LogP contribution in [0.1, 0.15) is 17.7 Å². The highest BCUT2D eigenvalue weighted by atomic mass is 19.1. The molecule has 2 aromatic rings. The number of aryl methyl sites for hydroxylation is 1.